The van der Waals surface area contributed by atoms with E-state index in [1.807, 2.05) is 6.07 Å². The molecule has 2 atom stereocenters. The van der Waals surface area contributed by atoms with Crippen LogP contribution in [0.2, 0.25) is 0 Å². The molecule has 2 N–H and O–H groups in total. The summed E-state index contributed by atoms with van der Waals surface area (Å²) >= 11 is 0. The Balaban J connectivity index is 2.13. The topological polar surface area (TPSA) is 44.5 Å². The van der Waals surface area contributed by atoms with Crippen molar-refractivity contribution < 1.29 is 9.47 Å². The Hall–Kier alpha value is -1.48. The Labute approximate surface area is 121 Å². The van der Waals surface area contributed by atoms with Crippen molar-refractivity contribution in [2.24, 2.45) is 5.73 Å². The highest BCUT2D eigenvalue weighted by molar-refractivity contribution is 5.43. The predicted octanol–water partition coefficient (Wildman–Crippen LogP) is 3.46. The quantitative estimate of drug-likeness (QED) is 0.809. The SMILES string of the molecule is CCC(N)Cc1ccc(OC)c(OC2C=CCCC2)c1. The van der Waals surface area contributed by atoms with Crippen molar-refractivity contribution in [1.82, 2.24) is 0 Å². The van der Waals surface area contributed by atoms with Crippen molar-refractivity contribution in [3.8, 4) is 11.5 Å². The monoisotopic (exact) mass is 275 g/mol. The number of hydrogen-bond acceptors (Lipinski definition) is 3. The summed E-state index contributed by atoms with van der Waals surface area (Å²) in [6.07, 6.45) is 9.76. The van der Waals surface area contributed by atoms with Crippen molar-refractivity contribution >= 4 is 0 Å². The summed E-state index contributed by atoms with van der Waals surface area (Å²) in [7, 11) is 1.68. The Bertz CT molecular complexity index is 456. The molecule has 20 heavy (non-hydrogen) atoms. The van der Waals surface area contributed by atoms with Crippen molar-refractivity contribution in [2.45, 2.75) is 51.2 Å². The Morgan fingerprint density at radius 2 is 2.20 bits per heavy atom. The molecule has 0 saturated carbocycles. The smallest absolute Gasteiger partial charge is 0.162 e. The van der Waals surface area contributed by atoms with Gasteiger partial charge in [0.05, 0.1) is 7.11 Å². The molecule has 0 radical (unpaired) electrons. The van der Waals surface area contributed by atoms with Crippen molar-refractivity contribution in [3.05, 3.63) is 35.9 Å². The molecule has 1 aromatic rings. The number of nitrogens with two attached hydrogens (primary N) is 1. The molecule has 0 aromatic heterocycles. The number of methoxy groups -OCH3 is 1. The summed E-state index contributed by atoms with van der Waals surface area (Å²) in [5, 5.41) is 0. The average molecular weight is 275 g/mol. The van der Waals surface area contributed by atoms with Gasteiger partial charge >= 0.3 is 0 Å². The molecule has 0 bridgehead atoms. The zero-order chi connectivity index (χ0) is 14.4. The van der Waals surface area contributed by atoms with Gasteiger partial charge in [-0.1, -0.05) is 19.1 Å². The second kappa shape index (κ2) is 7.34. The maximum Gasteiger partial charge on any atom is 0.162 e. The molecule has 0 spiro atoms. The van der Waals surface area contributed by atoms with Gasteiger partial charge < -0.3 is 15.2 Å². The number of allylic oxidation sites excluding steroid dienone is 1. The summed E-state index contributed by atoms with van der Waals surface area (Å²) in [5.74, 6) is 1.61. The largest absolute Gasteiger partial charge is 0.493 e. The van der Waals surface area contributed by atoms with E-state index in [0.29, 0.717) is 0 Å². The first-order valence-electron chi connectivity index (χ1n) is 7.48. The summed E-state index contributed by atoms with van der Waals surface area (Å²) in [6.45, 7) is 2.11. The van der Waals surface area contributed by atoms with Gasteiger partial charge in [-0.25, -0.2) is 0 Å². The summed E-state index contributed by atoms with van der Waals surface area (Å²) in [6, 6.07) is 6.31. The van der Waals surface area contributed by atoms with E-state index in [0.717, 1.165) is 37.2 Å². The number of ether oxygens (including phenoxy) is 2. The molecule has 0 amide bonds. The van der Waals surface area contributed by atoms with Gasteiger partial charge in [-0.3, -0.25) is 0 Å². The molecule has 2 rings (SSSR count). The minimum Gasteiger partial charge on any atom is -0.493 e. The average Bonchev–Trinajstić information content (AvgIpc) is 2.48. The van der Waals surface area contributed by atoms with Crippen LogP contribution in [-0.2, 0) is 6.42 Å². The first-order valence-corrected chi connectivity index (χ1v) is 7.48. The van der Waals surface area contributed by atoms with Gasteiger partial charge in [0.2, 0.25) is 0 Å². The molecule has 0 saturated heterocycles. The van der Waals surface area contributed by atoms with Gasteiger partial charge in [0.1, 0.15) is 6.10 Å². The van der Waals surface area contributed by atoms with Crippen molar-refractivity contribution in [3.63, 3.8) is 0 Å². The molecular formula is C17H25NO2. The second-order valence-corrected chi connectivity index (χ2v) is 5.37. The minimum absolute atomic E-state index is 0.160. The lowest BCUT2D eigenvalue weighted by molar-refractivity contribution is 0.219. The molecule has 1 aliphatic rings. The molecule has 110 valence electrons. The Morgan fingerprint density at radius 1 is 1.35 bits per heavy atom. The third-order valence-corrected chi connectivity index (χ3v) is 3.74. The predicted molar refractivity (Wildman–Crippen MR) is 82.4 cm³/mol. The van der Waals surface area contributed by atoms with Gasteiger partial charge in [-0.05, 0) is 55.9 Å². The van der Waals surface area contributed by atoms with E-state index in [4.69, 9.17) is 15.2 Å². The maximum atomic E-state index is 6.08. The summed E-state index contributed by atoms with van der Waals surface area (Å²) in [4.78, 5) is 0. The van der Waals surface area contributed by atoms with Crippen LogP contribution in [0.1, 0.15) is 38.2 Å². The van der Waals surface area contributed by atoms with E-state index >= 15 is 0 Å². The van der Waals surface area contributed by atoms with Crippen molar-refractivity contribution in [2.75, 3.05) is 7.11 Å². The first-order chi connectivity index (χ1) is 9.72. The summed E-state index contributed by atoms with van der Waals surface area (Å²) < 4.78 is 11.5. The van der Waals surface area contributed by atoms with Crippen LogP contribution in [0.4, 0.5) is 0 Å². The fourth-order valence-corrected chi connectivity index (χ4v) is 2.43. The van der Waals surface area contributed by atoms with E-state index in [-0.39, 0.29) is 12.1 Å². The van der Waals surface area contributed by atoms with Crippen LogP contribution in [0.25, 0.3) is 0 Å². The highest BCUT2D eigenvalue weighted by Gasteiger charge is 2.14. The first kappa shape index (κ1) is 14.9. The highest BCUT2D eigenvalue weighted by Crippen LogP contribution is 2.31. The standard InChI is InChI=1S/C17H25NO2/c1-3-14(18)11-13-9-10-16(19-2)17(12-13)20-15-7-5-4-6-8-15/h5,7,9-10,12,14-15H,3-4,6,8,11,18H2,1-2H3. The van der Waals surface area contributed by atoms with Gasteiger partial charge in [-0.15, -0.1) is 0 Å². The third-order valence-electron chi connectivity index (χ3n) is 3.74. The molecular weight excluding hydrogens is 250 g/mol. The molecule has 2 unspecified atom stereocenters. The fraction of sp³-hybridized carbons (Fsp3) is 0.529. The van der Waals surface area contributed by atoms with Gasteiger partial charge in [0.25, 0.3) is 0 Å². The highest BCUT2D eigenvalue weighted by atomic mass is 16.5. The molecule has 0 heterocycles. The normalized spacial score (nSPS) is 19.6. The van der Waals surface area contributed by atoms with E-state index in [1.165, 1.54) is 12.0 Å². The lowest BCUT2D eigenvalue weighted by Gasteiger charge is -2.21. The van der Waals surface area contributed by atoms with Crippen LogP contribution in [0.3, 0.4) is 0 Å². The molecule has 3 nitrogen and oxygen atoms in total. The Kier molecular flexibility index (Phi) is 5.48. The van der Waals surface area contributed by atoms with Gasteiger partial charge in [0.15, 0.2) is 11.5 Å². The molecule has 3 heteroatoms. The van der Waals surface area contributed by atoms with E-state index < -0.39 is 0 Å². The van der Waals surface area contributed by atoms with Gasteiger partial charge in [0, 0.05) is 6.04 Å². The zero-order valence-electron chi connectivity index (χ0n) is 12.5. The molecule has 1 aromatic carbocycles. The zero-order valence-corrected chi connectivity index (χ0v) is 12.5. The van der Waals surface area contributed by atoms with Crippen LogP contribution in [0.15, 0.2) is 30.4 Å². The second-order valence-electron chi connectivity index (χ2n) is 5.37. The van der Waals surface area contributed by atoms with E-state index in [1.54, 1.807) is 7.11 Å². The minimum atomic E-state index is 0.160. The number of benzene rings is 1. The third kappa shape index (κ3) is 4.01. The molecule has 0 fully saturated rings. The molecule has 0 aliphatic heterocycles. The fourth-order valence-electron chi connectivity index (χ4n) is 2.43. The van der Waals surface area contributed by atoms with Crippen LogP contribution in [0.5, 0.6) is 11.5 Å². The van der Waals surface area contributed by atoms with Crippen LogP contribution < -0.4 is 15.2 Å². The van der Waals surface area contributed by atoms with E-state index in [9.17, 15) is 0 Å². The van der Waals surface area contributed by atoms with Crippen molar-refractivity contribution in [1.29, 1.82) is 0 Å². The van der Waals surface area contributed by atoms with E-state index in [2.05, 4.69) is 31.2 Å². The molecule has 1 aliphatic carbocycles. The number of rotatable bonds is 6. The number of hydrogen-bond donors (Lipinski definition) is 1. The summed E-state index contributed by atoms with van der Waals surface area (Å²) in [5.41, 5.74) is 7.23. The lowest BCUT2D eigenvalue weighted by atomic mass is 10.0. The lowest BCUT2D eigenvalue weighted by Crippen LogP contribution is -2.21. The maximum absolute atomic E-state index is 6.08. The van der Waals surface area contributed by atoms with Crippen LogP contribution >= 0.6 is 0 Å². The Morgan fingerprint density at radius 3 is 2.85 bits per heavy atom. The van der Waals surface area contributed by atoms with Crippen LogP contribution in [-0.4, -0.2) is 19.3 Å². The van der Waals surface area contributed by atoms with Gasteiger partial charge in [-0.2, -0.15) is 0 Å². The van der Waals surface area contributed by atoms with Crippen LogP contribution in [0, 0.1) is 0 Å².